The first-order valence-electron chi connectivity index (χ1n) is 4.34. The van der Waals surface area contributed by atoms with Gasteiger partial charge >= 0.3 is 6.09 Å². The number of carbonyl (C=O) groups is 1. The summed E-state index contributed by atoms with van der Waals surface area (Å²) in [5.74, 6) is 0. The third-order valence-corrected chi connectivity index (χ3v) is 1.38. The van der Waals surface area contributed by atoms with Crippen LogP contribution < -0.4 is 5.32 Å². The van der Waals surface area contributed by atoms with Gasteiger partial charge in [0.2, 0.25) is 0 Å². The van der Waals surface area contributed by atoms with E-state index in [1.165, 1.54) is 0 Å². The lowest BCUT2D eigenvalue weighted by Gasteiger charge is -2.21. The Morgan fingerprint density at radius 2 is 2.00 bits per heavy atom. The molecule has 0 heterocycles. The summed E-state index contributed by atoms with van der Waals surface area (Å²) >= 11 is 0. The fraction of sp³-hybridized carbons (Fsp3) is 0.889. The molecule has 12 heavy (non-hydrogen) atoms. The van der Waals surface area contributed by atoms with E-state index in [9.17, 15) is 4.79 Å². The average Bonchev–Trinajstić information content (AvgIpc) is 1.82. The summed E-state index contributed by atoms with van der Waals surface area (Å²) in [4.78, 5) is 11.1. The van der Waals surface area contributed by atoms with Gasteiger partial charge in [-0.2, -0.15) is 0 Å². The Morgan fingerprint density at radius 3 is 2.33 bits per heavy atom. The molecule has 0 radical (unpaired) electrons. The molecule has 0 bridgehead atoms. The summed E-state index contributed by atoms with van der Waals surface area (Å²) in [5.41, 5.74) is -0.405. The highest BCUT2D eigenvalue weighted by Crippen LogP contribution is 2.06. The zero-order valence-electron chi connectivity index (χ0n) is 8.60. The number of rotatable bonds is 2. The number of hydrogen-bond donors (Lipinski definition) is 1. The fourth-order valence-electron chi connectivity index (χ4n) is 0.611. The quantitative estimate of drug-likeness (QED) is 0.696. The number of hydrogen-bond acceptors (Lipinski definition) is 2. The smallest absolute Gasteiger partial charge is 0.407 e. The van der Waals surface area contributed by atoms with Crippen molar-refractivity contribution in [3.8, 4) is 0 Å². The molecule has 0 saturated heterocycles. The van der Waals surface area contributed by atoms with Crippen LogP contribution >= 0.6 is 0 Å². The molecule has 0 rings (SSSR count). The first-order chi connectivity index (χ1) is 5.35. The van der Waals surface area contributed by atoms with Crippen molar-refractivity contribution >= 4 is 6.09 Å². The molecule has 0 aliphatic carbocycles. The van der Waals surface area contributed by atoms with Crippen molar-refractivity contribution in [2.75, 3.05) is 0 Å². The average molecular weight is 173 g/mol. The van der Waals surface area contributed by atoms with Crippen molar-refractivity contribution < 1.29 is 9.53 Å². The topological polar surface area (TPSA) is 38.3 Å². The summed E-state index contributed by atoms with van der Waals surface area (Å²) in [6.07, 6.45) is 0.580. The molecule has 0 saturated carbocycles. The van der Waals surface area contributed by atoms with Crippen LogP contribution in [0.15, 0.2) is 0 Å². The third kappa shape index (κ3) is 6.01. The molecule has 1 amide bonds. The second-order valence-electron chi connectivity index (χ2n) is 3.96. The van der Waals surface area contributed by atoms with Gasteiger partial charge in [-0.05, 0) is 34.1 Å². The predicted molar refractivity (Wildman–Crippen MR) is 49.1 cm³/mol. The maximum absolute atomic E-state index is 11.1. The van der Waals surface area contributed by atoms with Crippen LogP contribution in [-0.4, -0.2) is 17.7 Å². The van der Waals surface area contributed by atoms with Gasteiger partial charge < -0.3 is 10.1 Å². The molecule has 72 valence electrons. The number of ether oxygens (including phenoxy) is 1. The zero-order valence-corrected chi connectivity index (χ0v) is 8.60. The molecular formula is C9H19NO2. The Balaban J connectivity index is 3.75. The number of carbonyl (C=O) groups excluding carboxylic acids is 1. The lowest BCUT2D eigenvalue weighted by Crippen LogP contribution is -2.37. The van der Waals surface area contributed by atoms with Crippen LogP contribution in [0.2, 0.25) is 0 Å². The number of amides is 1. The number of nitrogens with one attached hydrogen (secondary N) is 1. The molecule has 0 aromatic carbocycles. The summed E-state index contributed by atoms with van der Waals surface area (Å²) in [7, 11) is 0. The molecule has 0 aromatic heterocycles. The van der Waals surface area contributed by atoms with Crippen molar-refractivity contribution in [3.63, 3.8) is 0 Å². The largest absolute Gasteiger partial charge is 0.444 e. The van der Waals surface area contributed by atoms with Crippen LogP contribution in [0.3, 0.4) is 0 Å². The second-order valence-corrected chi connectivity index (χ2v) is 3.96. The molecule has 0 aromatic rings. The second kappa shape index (κ2) is 4.33. The molecule has 0 spiro atoms. The normalized spacial score (nSPS) is 13.8. The highest BCUT2D eigenvalue weighted by molar-refractivity contribution is 5.67. The Hall–Kier alpha value is -0.730. The maximum atomic E-state index is 11.1. The van der Waals surface area contributed by atoms with Crippen molar-refractivity contribution in [2.45, 2.75) is 52.7 Å². The first-order valence-corrected chi connectivity index (χ1v) is 4.34. The molecule has 0 fully saturated rings. The van der Waals surface area contributed by atoms with Crippen molar-refractivity contribution in [2.24, 2.45) is 0 Å². The molecule has 0 aliphatic heterocycles. The van der Waals surface area contributed by atoms with E-state index in [1.54, 1.807) is 0 Å². The van der Waals surface area contributed by atoms with Crippen molar-refractivity contribution in [3.05, 3.63) is 0 Å². The Morgan fingerprint density at radius 1 is 1.50 bits per heavy atom. The van der Waals surface area contributed by atoms with E-state index in [-0.39, 0.29) is 12.1 Å². The zero-order chi connectivity index (χ0) is 9.78. The van der Waals surface area contributed by atoms with Crippen molar-refractivity contribution in [1.29, 1.82) is 0 Å². The van der Waals surface area contributed by atoms with Gasteiger partial charge in [0.05, 0.1) is 0 Å². The van der Waals surface area contributed by atoms with Gasteiger partial charge in [0.15, 0.2) is 0 Å². The fourth-order valence-corrected chi connectivity index (χ4v) is 0.611. The molecular weight excluding hydrogens is 154 g/mol. The van der Waals surface area contributed by atoms with E-state index >= 15 is 0 Å². The summed E-state index contributed by atoms with van der Waals surface area (Å²) in [6.45, 7) is 9.52. The molecule has 3 nitrogen and oxygen atoms in total. The number of alkyl carbamates (subject to hydrolysis) is 1. The van der Waals surface area contributed by atoms with Gasteiger partial charge in [-0.1, -0.05) is 6.92 Å². The summed E-state index contributed by atoms with van der Waals surface area (Å²) < 4.78 is 5.06. The van der Waals surface area contributed by atoms with E-state index in [0.29, 0.717) is 0 Å². The molecule has 1 atom stereocenters. The van der Waals surface area contributed by atoms with Gasteiger partial charge in [-0.3, -0.25) is 0 Å². The minimum absolute atomic E-state index is 0.180. The Bertz CT molecular complexity index is 149. The van der Waals surface area contributed by atoms with Gasteiger partial charge in [0.1, 0.15) is 5.60 Å². The van der Waals surface area contributed by atoms with Crippen LogP contribution in [0.25, 0.3) is 0 Å². The van der Waals surface area contributed by atoms with Crippen LogP contribution in [0, 0.1) is 0 Å². The SMILES string of the molecule is CCC(C)NC(=O)OC(C)(C)C. The monoisotopic (exact) mass is 173 g/mol. The van der Waals surface area contributed by atoms with E-state index in [2.05, 4.69) is 5.32 Å². The van der Waals surface area contributed by atoms with E-state index < -0.39 is 5.60 Å². The van der Waals surface area contributed by atoms with E-state index in [0.717, 1.165) is 6.42 Å². The molecule has 0 aliphatic rings. The standard InChI is InChI=1S/C9H19NO2/c1-6-7(2)10-8(11)12-9(3,4)5/h7H,6H2,1-5H3,(H,10,11). The van der Waals surface area contributed by atoms with Crippen LogP contribution in [0.4, 0.5) is 4.79 Å². The Labute approximate surface area is 74.5 Å². The van der Waals surface area contributed by atoms with Crippen LogP contribution in [0.5, 0.6) is 0 Å². The highest BCUT2D eigenvalue weighted by Gasteiger charge is 2.16. The Kier molecular flexibility index (Phi) is 4.07. The minimum atomic E-state index is -0.405. The summed E-state index contributed by atoms with van der Waals surface area (Å²) in [5, 5.41) is 2.72. The summed E-state index contributed by atoms with van der Waals surface area (Å²) in [6, 6.07) is 0.180. The highest BCUT2D eigenvalue weighted by atomic mass is 16.6. The van der Waals surface area contributed by atoms with Crippen LogP contribution in [0.1, 0.15) is 41.0 Å². The lowest BCUT2D eigenvalue weighted by atomic mass is 10.2. The van der Waals surface area contributed by atoms with Crippen molar-refractivity contribution in [1.82, 2.24) is 5.32 Å². The van der Waals surface area contributed by atoms with Crippen LogP contribution in [-0.2, 0) is 4.74 Å². The van der Waals surface area contributed by atoms with Gasteiger partial charge in [-0.25, -0.2) is 4.79 Å². The molecule has 3 heteroatoms. The first kappa shape index (κ1) is 11.3. The molecule has 1 N–H and O–H groups in total. The van der Waals surface area contributed by atoms with Gasteiger partial charge in [0, 0.05) is 6.04 Å². The van der Waals surface area contributed by atoms with E-state index in [1.807, 2.05) is 34.6 Å². The maximum Gasteiger partial charge on any atom is 0.407 e. The molecule has 1 unspecified atom stereocenters. The van der Waals surface area contributed by atoms with E-state index in [4.69, 9.17) is 4.74 Å². The minimum Gasteiger partial charge on any atom is -0.444 e. The predicted octanol–water partition coefficient (Wildman–Crippen LogP) is 2.31. The lowest BCUT2D eigenvalue weighted by molar-refractivity contribution is 0.0507. The van der Waals surface area contributed by atoms with Gasteiger partial charge in [-0.15, -0.1) is 0 Å². The van der Waals surface area contributed by atoms with Gasteiger partial charge in [0.25, 0.3) is 0 Å². The third-order valence-electron chi connectivity index (χ3n) is 1.38.